The van der Waals surface area contributed by atoms with Crippen LogP contribution in [0.2, 0.25) is 0 Å². The summed E-state index contributed by atoms with van der Waals surface area (Å²) in [5.74, 6) is 0.977. The number of pyridine rings is 1. The van der Waals surface area contributed by atoms with Gasteiger partial charge in [0.25, 0.3) is 0 Å². The Balaban J connectivity index is 1.28. The first-order chi connectivity index (χ1) is 23.8. The van der Waals surface area contributed by atoms with Gasteiger partial charge in [0.05, 0.1) is 27.6 Å². The van der Waals surface area contributed by atoms with Gasteiger partial charge in [0, 0.05) is 43.7 Å². The number of hydrogen-bond donors (Lipinski definition) is 0. The van der Waals surface area contributed by atoms with Gasteiger partial charge < -0.3 is 4.57 Å². The second-order valence-corrected chi connectivity index (χ2v) is 12.8. The molecule has 1 aliphatic heterocycles. The number of fused-ring (bicyclic) bond motifs is 12. The molecule has 0 atom stereocenters. The van der Waals surface area contributed by atoms with Crippen LogP contribution >= 0.6 is 0 Å². The Labute approximate surface area is 276 Å². The van der Waals surface area contributed by atoms with Crippen LogP contribution in [0.15, 0.2) is 164 Å². The normalized spacial score (nSPS) is 12.2. The van der Waals surface area contributed by atoms with E-state index in [1.54, 1.807) is 0 Å². The molecule has 222 valence electrons. The SMILES string of the molecule is c1ccc(-n2c3ccccc3c3cc(-c4ccc5c6ccccc6n6c5c4-c4ccccc4-c4cc5ccccc5nc4-6)ccc32)cc1. The van der Waals surface area contributed by atoms with E-state index in [1.165, 1.54) is 77.1 Å². The van der Waals surface area contributed by atoms with Crippen LogP contribution in [0, 0.1) is 0 Å². The molecule has 0 aliphatic carbocycles. The first-order valence-electron chi connectivity index (χ1n) is 16.5. The van der Waals surface area contributed by atoms with Gasteiger partial charge >= 0.3 is 0 Å². The van der Waals surface area contributed by atoms with Gasteiger partial charge in [0.15, 0.2) is 0 Å². The fourth-order valence-corrected chi connectivity index (χ4v) is 8.20. The van der Waals surface area contributed by atoms with Crippen LogP contribution in [-0.2, 0) is 0 Å². The molecule has 0 fully saturated rings. The van der Waals surface area contributed by atoms with Gasteiger partial charge in [-0.2, -0.15) is 0 Å². The predicted octanol–water partition coefficient (Wildman–Crippen LogP) is 11.7. The first kappa shape index (κ1) is 25.7. The number of aromatic nitrogens is 3. The van der Waals surface area contributed by atoms with Crippen LogP contribution in [0.1, 0.15) is 0 Å². The highest BCUT2D eigenvalue weighted by molar-refractivity contribution is 6.20. The van der Waals surface area contributed by atoms with Crippen molar-refractivity contribution in [1.82, 2.24) is 14.1 Å². The van der Waals surface area contributed by atoms with Crippen molar-refractivity contribution in [1.29, 1.82) is 0 Å². The second kappa shape index (κ2) is 9.54. The van der Waals surface area contributed by atoms with E-state index in [0.717, 1.165) is 22.3 Å². The van der Waals surface area contributed by atoms with E-state index in [0.29, 0.717) is 0 Å². The molecule has 1 aliphatic rings. The number of rotatable bonds is 2. The van der Waals surface area contributed by atoms with E-state index in [1.807, 2.05) is 0 Å². The number of nitrogens with zero attached hydrogens (tertiary/aromatic N) is 3. The zero-order valence-corrected chi connectivity index (χ0v) is 25.9. The van der Waals surface area contributed by atoms with Crippen LogP contribution in [0.3, 0.4) is 0 Å². The molecule has 3 heteroatoms. The molecule has 0 amide bonds. The summed E-state index contributed by atoms with van der Waals surface area (Å²) in [5.41, 5.74) is 14.2. The van der Waals surface area contributed by atoms with Crippen molar-refractivity contribution < 1.29 is 0 Å². The van der Waals surface area contributed by atoms with Crippen LogP contribution in [0.5, 0.6) is 0 Å². The van der Waals surface area contributed by atoms with Gasteiger partial charge in [0.2, 0.25) is 0 Å². The summed E-state index contributed by atoms with van der Waals surface area (Å²) in [6.45, 7) is 0. The second-order valence-electron chi connectivity index (χ2n) is 12.8. The third kappa shape index (κ3) is 3.40. The van der Waals surface area contributed by atoms with Crippen LogP contribution < -0.4 is 0 Å². The van der Waals surface area contributed by atoms with E-state index >= 15 is 0 Å². The minimum Gasteiger partial charge on any atom is -0.309 e. The van der Waals surface area contributed by atoms with Crippen molar-refractivity contribution in [3.05, 3.63) is 164 Å². The predicted molar refractivity (Wildman–Crippen MR) is 200 cm³/mol. The average Bonchev–Trinajstić information content (AvgIpc) is 3.63. The molecule has 0 radical (unpaired) electrons. The molecule has 0 spiro atoms. The number of hydrogen-bond acceptors (Lipinski definition) is 1. The summed E-state index contributed by atoms with van der Waals surface area (Å²) in [5, 5.41) is 6.12. The summed E-state index contributed by atoms with van der Waals surface area (Å²) < 4.78 is 4.80. The number of benzene rings is 7. The van der Waals surface area contributed by atoms with Crippen LogP contribution in [0.4, 0.5) is 0 Å². The smallest absolute Gasteiger partial charge is 0.146 e. The fourth-order valence-electron chi connectivity index (χ4n) is 8.20. The molecule has 7 aromatic carbocycles. The molecule has 4 heterocycles. The number of para-hydroxylation sites is 4. The Morgan fingerprint density at radius 1 is 0.396 bits per heavy atom. The zero-order chi connectivity index (χ0) is 31.3. The maximum absolute atomic E-state index is 5.39. The highest BCUT2D eigenvalue weighted by Crippen LogP contribution is 2.50. The Morgan fingerprint density at radius 2 is 1.06 bits per heavy atom. The lowest BCUT2D eigenvalue weighted by atomic mass is 9.88. The molecule has 3 nitrogen and oxygen atoms in total. The Morgan fingerprint density at radius 3 is 1.92 bits per heavy atom. The molecule has 10 aromatic rings. The first-order valence-corrected chi connectivity index (χ1v) is 16.5. The quantitative estimate of drug-likeness (QED) is 0.191. The summed E-state index contributed by atoms with van der Waals surface area (Å²) in [4.78, 5) is 5.39. The summed E-state index contributed by atoms with van der Waals surface area (Å²) in [6.07, 6.45) is 0. The molecule has 0 saturated heterocycles. The summed E-state index contributed by atoms with van der Waals surface area (Å²) in [6, 6.07) is 59.5. The molecule has 0 saturated carbocycles. The molecule has 0 N–H and O–H groups in total. The fraction of sp³-hybridized carbons (Fsp3) is 0. The van der Waals surface area contributed by atoms with Crippen molar-refractivity contribution in [2.24, 2.45) is 0 Å². The van der Waals surface area contributed by atoms with E-state index in [4.69, 9.17) is 4.98 Å². The third-order valence-electron chi connectivity index (χ3n) is 10.2. The van der Waals surface area contributed by atoms with E-state index in [-0.39, 0.29) is 0 Å². The lowest BCUT2D eigenvalue weighted by Crippen LogP contribution is -2.00. The summed E-state index contributed by atoms with van der Waals surface area (Å²) in [7, 11) is 0. The van der Waals surface area contributed by atoms with Gasteiger partial charge in [-0.3, -0.25) is 4.57 Å². The van der Waals surface area contributed by atoms with Gasteiger partial charge in [0.1, 0.15) is 5.82 Å². The van der Waals surface area contributed by atoms with Crippen molar-refractivity contribution >= 4 is 54.5 Å². The maximum atomic E-state index is 5.39. The molecule has 11 rings (SSSR count). The van der Waals surface area contributed by atoms with Crippen LogP contribution in [0.25, 0.3) is 99.4 Å². The van der Waals surface area contributed by atoms with Gasteiger partial charge in [-0.05, 0) is 70.8 Å². The van der Waals surface area contributed by atoms with Crippen molar-refractivity contribution in [3.63, 3.8) is 0 Å². The topological polar surface area (TPSA) is 22.8 Å². The van der Waals surface area contributed by atoms with Gasteiger partial charge in [-0.15, -0.1) is 0 Å². The molecular weight excluding hydrogens is 583 g/mol. The molecule has 0 unspecified atom stereocenters. The monoisotopic (exact) mass is 609 g/mol. The maximum Gasteiger partial charge on any atom is 0.146 e. The Kier molecular flexibility index (Phi) is 5.11. The highest BCUT2D eigenvalue weighted by atomic mass is 15.1. The molecule has 3 aromatic heterocycles. The lowest BCUT2D eigenvalue weighted by molar-refractivity contribution is 1.11. The summed E-state index contributed by atoms with van der Waals surface area (Å²) >= 11 is 0. The highest BCUT2D eigenvalue weighted by Gasteiger charge is 2.28. The largest absolute Gasteiger partial charge is 0.309 e. The van der Waals surface area contributed by atoms with E-state index in [2.05, 4.69) is 173 Å². The average molecular weight is 610 g/mol. The Hall–Kier alpha value is -6.45. The minimum atomic E-state index is 0.977. The molecular formula is C45H27N3. The molecule has 48 heavy (non-hydrogen) atoms. The van der Waals surface area contributed by atoms with Crippen LogP contribution in [-0.4, -0.2) is 14.1 Å². The lowest BCUT2D eigenvalue weighted by Gasteiger charge is -2.15. The van der Waals surface area contributed by atoms with Gasteiger partial charge in [-0.1, -0.05) is 115 Å². The van der Waals surface area contributed by atoms with Crippen molar-refractivity contribution in [2.45, 2.75) is 0 Å². The zero-order valence-electron chi connectivity index (χ0n) is 25.9. The standard InChI is InChI=1S/C45H27N3/c1-2-13-30(14-3-1)47-40-20-10-8-17-34(40)37-26-28(22-25-42(37)47)31-23-24-36-33-16-7-11-21-41(33)48-44(36)43(31)35-18-6-5-15-32(35)38-27-29-12-4-9-19-39(29)46-45(38)48/h1-27H. The van der Waals surface area contributed by atoms with E-state index < -0.39 is 0 Å². The van der Waals surface area contributed by atoms with E-state index in [9.17, 15) is 0 Å². The Bertz CT molecular complexity index is 2940. The third-order valence-corrected chi connectivity index (χ3v) is 10.2. The van der Waals surface area contributed by atoms with Crippen molar-refractivity contribution in [2.75, 3.05) is 0 Å². The molecule has 0 bridgehead atoms. The van der Waals surface area contributed by atoms with Crippen molar-refractivity contribution in [3.8, 4) is 44.9 Å². The minimum absolute atomic E-state index is 0.977. The van der Waals surface area contributed by atoms with Gasteiger partial charge in [-0.25, -0.2) is 4.98 Å².